The molecule has 0 N–H and O–H groups in total. The Hall–Kier alpha value is -2.23. The van der Waals surface area contributed by atoms with E-state index in [2.05, 4.69) is 4.40 Å². The van der Waals surface area contributed by atoms with E-state index in [0.29, 0.717) is 30.3 Å². The van der Waals surface area contributed by atoms with Crippen LogP contribution in [-0.2, 0) is 21.3 Å². The van der Waals surface area contributed by atoms with Crippen molar-refractivity contribution in [2.45, 2.75) is 18.4 Å². The van der Waals surface area contributed by atoms with Gasteiger partial charge in [-0.05, 0) is 49.4 Å². The summed E-state index contributed by atoms with van der Waals surface area (Å²) in [7, 11) is -2.40. The zero-order valence-electron chi connectivity index (χ0n) is 14.9. The molecule has 0 aliphatic carbocycles. The van der Waals surface area contributed by atoms with Crippen LogP contribution in [0.4, 0.5) is 4.39 Å². The van der Waals surface area contributed by atoms with Crippen molar-refractivity contribution in [3.05, 3.63) is 53.1 Å². The molecule has 0 bridgehead atoms. The number of ether oxygens (including phenoxy) is 2. The summed E-state index contributed by atoms with van der Waals surface area (Å²) >= 11 is 1.24. The van der Waals surface area contributed by atoms with Crippen molar-refractivity contribution < 1.29 is 22.3 Å². The van der Waals surface area contributed by atoms with Gasteiger partial charge in [0.15, 0.2) is 0 Å². The Balaban J connectivity index is 2.14. The molecule has 0 unspecified atom stereocenters. The maximum atomic E-state index is 13.1. The number of benzene rings is 2. The van der Waals surface area contributed by atoms with Crippen LogP contribution >= 0.6 is 11.3 Å². The van der Waals surface area contributed by atoms with Crippen LogP contribution < -0.4 is 9.54 Å². The molecule has 3 rings (SSSR count). The van der Waals surface area contributed by atoms with Gasteiger partial charge in [0.05, 0.1) is 28.8 Å². The third-order valence-electron chi connectivity index (χ3n) is 3.86. The molecule has 27 heavy (non-hydrogen) atoms. The lowest BCUT2D eigenvalue weighted by atomic mass is 10.3. The van der Waals surface area contributed by atoms with Crippen molar-refractivity contribution in [2.75, 3.05) is 20.3 Å². The highest BCUT2D eigenvalue weighted by Gasteiger charge is 2.15. The third-order valence-corrected chi connectivity index (χ3v) is 6.30. The Labute approximate surface area is 160 Å². The highest BCUT2D eigenvalue weighted by Crippen LogP contribution is 2.23. The van der Waals surface area contributed by atoms with Crippen molar-refractivity contribution in [1.82, 2.24) is 4.57 Å². The van der Waals surface area contributed by atoms with Crippen molar-refractivity contribution in [2.24, 2.45) is 4.40 Å². The summed E-state index contributed by atoms with van der Waals surface area (Å²) in [6, 6.07) is 10.1. The second kappa shape index (κ2) is 8.20. The Morgan fingerprint density at radius 1 is 1.19 bits per heavy atom. The molecule has 0 amide bonds. The Kier molecular flexibility index (Phi) is 5.93. The predicted octanol–water partition coefficient (Wildman–Crippen LogP) is 3.18. The fraction of sp³-hybridized carbons (Fsp3) is 0.278. The molecule has 0 saturated carbocycles. The molecule has 0 radical (unpaired) electrons. The molecule has 0 spiro atoms. The van der Waals surface area contributed by atoms with Crippen LogP contribution in [0.2, 0.25) is 0 Å². The van der Waals surface area contributed by atoms with Crippen LogP contribution in [-0.4, -0.2) is 33.3 Å². The first-order chi connectivity index (χ1) is 12.9. The van der Waals surface area contributed by atoms with Gasteiger partial charge in [-0.25, -0.2) is 4.39 Å². The lowest BCUT2D eigenvalue weighted by molar-refractivity contribution is 0.139. The van der Waals surface area contributed by atoms with Crippen LogP contribution in [0.25, 0.3) is 10.2 Å². The van der Waals surface area contributed by atoms with Gasteiger partial charge in [0.1, 0.15) is 11.6 Å². The van der Waals surface area contributed by atoms with Gasteiger partial charge in [0.25, 0.3) is 10.0 Å². The van der Waals surface area contributed by atoms with E-state index in [0.717, 1.165) is 22.3 Å². The number of aromatic nitrogens is 1. The Bertz CT molecular complexity index is 1100. The minimum absolute atomic E-state index is 0.0599. The van der Waals surface area contributed by atoms with E-state index in [9.17, 15) is 12.8 Å². The third kappa shape index (κ3) is 4.37. The molecular weight excluding hydrogens is 391 g/mol. The van der Waals surface area contributed by atoms with E-state index in [4.69, 9.17) is 9.47 Å². The number of thiazole rings is 1. The molecule has 0 aliphatic heterocycles. The average molecular weight is 410 g/mol. The van der Waals surface area contributed by atoms with Crippen molar-refractivity contribution in [1.29, 1.82) is 0 Å². The lowest BCUT2D eigenvalue weighted by Crippen LogP contribution is -2.19. The van der Waals surface area contributed by atoms with E-state index in [1.165, 1.54) is 23.5 Å². The molecule has 0 fully saturated rings. The van der Waals surface area contributed by atoms with Gasteiger partial charge >= 0.3 is 0 Å². The zero-order chi connectivity index (χ0) is 19.4. The number of sulfonamides is 1. The summed E-state index contributed by atoms with van der Waals surface area (Å²) in [6.45, 7) is 3.35. The van der Waals surface area contributed by atoms with Gasteiger partial charge in [-0.1, -0.05) is 11.3 Å². The summed E-state index contributed by atoms with van der Waals surface area (Å²) in [5.41, 5.74) is 0.841. The number of hydrogen-bond acceptors (Lipinski definition) is 5. The summed E-state index contributed by atoms with van der Waals surface area (Å²) in [5, 5.41) is 0. The maximum absolute atomic E-state index is 13.1. The van der Waals surface area contributed by atoms with Gasteiger partial charge in [0.2, 0.25) is 4.80 Å². The number of halogens is 1. The molecular formula is C18H19FN2O4S2. The molecule has 0 saturated heterocycles. The van der Waals surface area contributed by atoms with Crippen molar-refractivity contribution in [3.8, 4) is 5.75 Å². The van der Waals surface area contributed by atoms with E-state index >= 15 is 0 Å². The zero-order valence-corrected chi connectivity index (χ0v) is 16.5. The summed E-state index contributed by atoms with van der Waals surface area (Å²) in [4.78, 5) is 0.262. The normalized spacial score (nSPS) is 12.6. The first-order valence-electron chi connectivity index (χ1n) is 8.26. The largest absolute Gasteiger partial charge is 0.497 e. The molecule has 1 heterocycles. The molecule has 144 valence electrons. The predicted molar refractivity (Wildman–Crippen MR) is 102 cm³/mol. The van der Waals surface area contributed by atoms with E-state index in [1.807, 2.05) is 25.1 Å². The van der Waals surface area contributed by atoms with Gasteiger partial charge in [-0.3, -0.25) is 0 Å². The van der Waals surface area contributed by atoms with Crippen LogP contribution in [0.3, 0.4) is 0 Å². The number of methoxy groups -OCH3 is 1. The number of nitrogens with zero attached hydrogens (tertiary/aromatic N) is 2. The first kappa shape index (κ1) is 19.5. The highest BCUT2D eigenvalue weighted by atomic mass is 32.2. The van der Waals surface area contributed by atoms with Gasteiger partial charge in [0, 0.05) is 13.2 Å². The van der Waals surface area contributed by atoms with Crippen LogP contribution in [0.1, 0.15) is 6.92 Å². The average Bonchev–Trinajstić information content (AvgIpc) is 2.98. The minimum Gasteiger partial charge on any atom is -0.497 e. The number of fused-ring (bicyclic) bond motifs is 1. The molecule has 0 atom stereocenters. The molecule has 6 nitrogen and oxygen atoms in total. The molecule has 0 aliphatic rings. The molecule has 1 aromatic heterocycles. The Morgan fingerprint density at radius 3 is 2.59 bits per heavy atom. The SMILES string of the molecule is CCOCCn1/c(=N/S(=O)(=O)c2ccc(F)cc2)sc2cc(OC)ccc21. The van der Waals surface area contributed by atoms with Crippen molar-refractivity contribution >= 4 is 31.6 Å². The smallest absolute Gasteiger partial charge is 0.285 e. The summed E-state index contributed by atoms with van der Waals surface area (Å²) in [6.07, 6.45) is 0. The van der Waals surface area contributed by atoms with Crippen LogP contribution in [0.15, 0.2) is 51.8 Å². The van der Waals surface area contributed by atoms with Gasteiger partial charge in [-0.15, -0.1) is 4.40 Å². The second-order valence-corrected chi connectivity index (χ2v) is 8.20. The number of hydrogen-bond donors (Lipinski definition) is 0. The number of rotatable bonds is 7. The van der Waals surface area contributed by atoms with Crippen molar-refractivity contribution in [3.63, 3.8) is 0 Å². The standard InChI is InChI=1S/C18H19FN2O4S2/c1-3-25-11-10-21-16-9-6-14(24-2)12-17(16)26-18(21)20-27(22,23)15-7-4-13(19)5-8-15/h4-9,12H,3,10-11H2,1-2H3/b20-18-. The second-order valence-electron chi connectivity index (χ2n) is 5.59. The van der Waals surface area contributed by atoms with E-state index in [1.54, 1.807) is 11.7 Å². The quantitative estimate of drug-likeness (QED) is 0.561. The van der Waals surface area contributed by atoms with E-state index in [-0.39, 0.29) is 4.90 Å². The van der Waals surface area contributed by atoms with Crippen LogP contribution in [0.5, 0.6) is 5.75 Å². The summed E-state index contributed by atoms with van der Waals surface area (Å²) in [5.74, 6) is 0.170. The molecule has 2 aromatic carbocycles. The van der Waals surface area contributed by atoms with Gasteiger partial charge < -0.3 is 14.0 Å². The monoisotopic (exact) mass is 410 g/mol. The van der Waals surface area contributed by atoms with Crippen LogP contribution in [0, 0.1) is 5.82 Å². The molecule has 9 heteroatoms. The van der Waals surface area contributed by atoms with E-state index < -0.39 is 15.8 Å². The topological polar surface area (TPSA) is 69.9 Å². The highest BCUT2D eigenvalue weighted by molar-refractivity contribution is 7.90. The minimum atomic E-state index is -3.97. The van der Waals surface area contributed by atoms with Gasteiger partial charge in [-0.2, -0.15) is 8.42 Å². The lowest BCUT2D eigenvalue weighted by Gasteiger charge is -2.06. The Morgan fingerprint density at radius 2 is 1.93 bits per heavy atom. The first-order valence-corrected chi connectivity index (χ1v) is 10.5. The fourth-order valence-electron chi connectivity index (χ4n) is 2.53. The summed E-state index contributed by atoms with van der Waals surface area (Å²) < 4.78 is 55.7. The fourth-order valence-corrected chi connectivity index (χ4v) is 4.82. The maximum Gasteiger partial charge on any atom is 0.285 e. The molecule has 3 aromatic rings.